The van der Waals surface area contributed by atoms with Crippen LogP contribution in [0.5, 0.6) is 0 Å². The summed E-state index contributed by atoms with van der Waals surface area (Å²) in [6, 6.07) is 12.2. The van der Waals surface area contributed by atoms with Gasteiger partial charge in [0, 0.05) is 22.4 Å². The standard InChI is InChI=1S/C14H18N4S/c1-10-7-8-17-14(15)13(10)12(18-16)9-19-11-5-3-2-4-6-11/h2-8,12,18H,9,16H2,1H3,(H2,15,17). The number of nitrogens with two attached hydrogens (primary N) is 2. The Bertz CT molecular complexity index is 510. The molecule has 1 aromatic heterocycles. The molecular weight excluding hydrogens is 256 g/mol. The van der Waals surface area contributed by atoms with E-state index in [-0.39, 0.29) is 6.04 Å². The molecule has 1 atom stereocenters. The second-order valence-corrected chi connectivity index (χ2v) is 5.36. The predicted molar refractivity (Wildman–Crippen MR) is 80.6 cm³/mol. The molecule has 2 aromatic rings. The molecule has 0 spiro atoms. The number of rotatable bonds is 5. The molecule has 0 aliphatic carbocycles. The number of benzene rings is 1. The molecule has 1 unspecified atom stereocenters. The van der Waals surface area contributed by atoms with Gasteiger partial charge in [0.15, 0.2) is 0 Å². The molecule has 19 heavy (non-hydrogen) atoms. The van der Waals surface area contributed by atoms with Crippen LogP contribution in [0.1, 0.15) is 17.2 Å². The van der Waals surface area contributed by atoms with Gasteiger partial charge < -0.3 is 5.73 Å². The first-order valence-electron chi connectivity index (χ1n) is 6.07. The van der Waals surface area contributed by atoms with Gasteiger partial charge in [0.25, 0.3) is 0 Å². The van der Waals surface area contributed by atoms with Crippen molar-refractivity contribution in [1.29, 1.82) is 0 Å². The van der Waals surface area contributed by atoms with Crippen molar-refractivity contribution < 1.29 is 0 Å². The highest BCUT2D eigenvalue weighted by Gasteiger charge is 2.16. The van der Waals surface area contributed by atoms with E-state index in [1.165, 1.54) is 4.90 Å². The van der Waals surface area contributed by atoms with Crippen molar-refractivity contribution in [2.24, 2.45) is 5.84 Å². The van der Waals surface area contributed by atoms with Crippen LogP contribution in [0.2, 0.25) is 0 Å². The van der Waals surface area contributed by atoms with Crippen LogP contribution in [-0.2, 0) is 0 Å². The number of aryl methyl sites for hydroxylation is 1. The fraction of sp³-hybridized carbons (Fsp3) is 0.214. The number of anilines is 1. The highest BCUT2D eigenvalue weighted by atomic mass is 32.2. The van der Waals surface area contributed by atoms with Crippen molar-refractivity contribution in [2.45, 2.75) is 17.9 Å². The topological polar surface area (TPSA) is 77.0 Å². The third-order valence-corrected chi connectivity index (χ3v) is 4.05. The minimum atomic E-state index is -0.0149. The van der Waals surface area contributed by atoms with E-state index in [0.29, 0.717) is 5.82 Å². The maximum absolute atomic E-state index is 5.95. The molecule has 0 saturated heterocycles. The van der Waals surface area contributed by atoms with Gasteiger partial charge in [-0.3, -0.25) is 11.3 Å². The molecule has 0 bridgehead atoms. The summed E-state index contributed by atoms with van der Waals surface area (Å²) in [6.07, 6.45) is 1.71. The zero-order chi connectivity index (χ0) is 13.7. The van der Waals surface area contributed by atoms with Crippen LogP contribution in [-0.4, -0.2) is 10.7 Å². The number of nitrogens with zero attached hydrogens (tertiary/aromatic N) is 1. The normalized spacial score (nSPS) is 12.3. The van der Waals surface area contributed by atoms with Crippen molar-refractivity contribution in [3.63, 3.8) is 0 Å². The minimum absolute atomic E-state index is 0.0149. The average molecular weight is 274 g/mol. The molecule has 1 aromatic carbocycles. The van der Waals surface area contributed by atoms with Gasteiger partial charge in [-0.05, 0) is 30.7 Å². The Morgan fingerprint density at radius 3 is 2.63 bits per heavy atom. The van der Waals surface area contributed by atoms with Crippen molar-refractivity contribution in [2.75, 3.05) is 11.5 Å². The summed E-state index contributed by atoms with van der Waals surface area (Å²) in [4.78, 5) is 5.35. The van der Waals surface area contributed by atoms with E-state index in [4.69, 9.17) is 11.6 Å². The van der Waals surface area contributed by atoms with E-state index >= 15 is 0 Å². The van der Waals surface area contributed by atoms with Gasteiger partial charge in [-0.1, -0.05) is 18.2 Å². The molecule has 0 amide bonds. The fourth-order valence-electron chi connectivity index (χ4n) is 1.96. The van der Waals surface area contributed by atoms with Crippen LogP contribution in [0.25, 0.3) is 0 Å². The van der Waals surface area contributed by atoms with Crippen LogP contribution < -0.4 is 17.0 Å². The second kappa shape index (κ2) is 6.56. The summed E-state index contributed by atoms with van der Waals surface area (Å²) in [5, 5.41) is 0. The van der Waals surface area contributed by atoms with Gasteiger partial charge in [0.05, 0.1) is 6.04 Å². The van der Waals surface area contributed by atoms with Crippen LogP contribution in [0, 0.1) is 6.92 Å². The first-order valence-corrected chi connectivity index (χ1v) is 7.06. The maximum atomic E-state index is 5.95. The lowest BCUT2D eigenvalue weighted by molar-refractivity contribution is 0.607. The van der Waals surface area contributed by atoms with Crippen LogP contribution >= 0.6 is 11.8 Å². The summed E-state index contributed by atoms with van der Waals surface area (Å²) in [5.41, 5.74) is 10.9. The molecule has 0 fully saturated rings. The Hall–Kier alpha value is -1.56. The van der Waals surface area contributed by atoms with E-state index in [1.54, 1.807) is 18.0 Å². The number of hydrogen-bond acceptors (Lipinski definition) is 5. The molecule has 4 nitrogen and oxygen atoms in total. The number of hydrazine groups is 1. The maximum Gasteiger partial charge on any atom is 0.128 e. The zero-order valence-corrected chi connectivity index (χ0v) is 11.7. The summed E-state index contributed by atoms with van der Waals surface area (Å²) in [5.74, 6) is 7.00. The third kappa shape index (κ3) is 3.47. The van der Waals surface area contributed by atoms with Crippen LogP contribution in [0.3, 0.4) is 0 Å². The molecule has 100 valence electrons. The second-order valence-electron chi connectivity index (χ2n) is 4.27. The van der Waals surface area contributed by atoms with Crippen molar-refractivity contribution >= 4 is 17.6 Å². The molecule has 1 heterocycles. The van der Waals surface area contributed by atoms with Gasteiger partial charge in [-0.25, -0.2) is 4.98 Å². The largest absolute Gasteiger partial charge is 0.383 e. The first kappa shape index (κ1) is 13.9. The summed E-state index contributed by atoms with van der Waals surface area (Å²) in [6.45, 7) is 2.02. The highest BCUT2D eigenvalue weighted by Crippen LogP contribution is 2.28. The molecule has 5 N–H and O–H groups in total. The number of hydrogen-bond donors (Lipinski definition) is 3. The molecule has 2 rings (SSSR count). The predicted octanol–water partition coefficient (Wildman–Crippen LogP) is 2.27. The lowest BCUT2D eigenvalue weighted by Gasteiger charge is -2.19. The first-order chi connectivity index (χ1) is 9.22. The molecular formula is C14H18N4S. The number of thioether (sulfide) groups is 1. The third-order valence-electron chi connectivity index (χ3n) is 2.95. The van der Waals surface area contributed by atoms with Crippen molar-refractivity contribution in [3.8, 4) is 0 Å². The Labute approximate surface area is 117 Å². The molecule has 5 heteroatoms. The minimum Gasteiger partial charge on any atom is -0.383 e. The van der Waals surface area contributed by atoms with E-state index in [1.807, 2.05) is 31.2 Å². The Morgan fingerprint density at radius 2 is 2.00 bits per heavy atom. The summed E-state index contributed by atoms with van der Waals surface area (Å²) in [7, 11) is 0. The van der Waals surface area contributed by atoms with E-state index in [0.717, 1.165) is 16.9 Å². The Morgan fingerprint density at radius 1 is 1.26 bits per heavy atom. The van der Waals surface area contributed by atoms with Crippen molar-refractivity contribution in [3.05, 3.63) is 53.7 Å². The number of pyridine rings is 1. The van der Waals surface area contributed by atoms with E-state index in [9.17, 15) is 0 Å². The lowest BCUT2D eigenvalue weighted by Crippen LogP contribution is -2.31. The molecule has 0 aliphatic heterocycles. The summed E-state index contributed by atoms with van der Waals surface area (Å²) < 4.78 is 0. The quantitative estimate of drug-likeness (QED) is 0.443. The van der Waals surface area contributed by atoms with Gasteiger partial charge in [-0.15, -0.1) is 11.8 Å². The highest BCUT2D eigenvalue weighted by molar-refractivity contribution is 7.99. The Kier molecular flexibility index (Phi) is 4.79. The summed E-state index contributed by atoms with van der Waals surface area (Å²) >= 11 is 1.74. The molecule has 0 radical (unpaired) electrons. The number of aromatic nitrogens is 1. The average Bonchev–Trinajstić information content (AvgIpc) is 2.43. The van der Waals surface area contributed by atoms with Crippen LogP contribution in [0.15, 0.2) is 47.5 Å². The van der Waals surface area contributed by atoms with E-state index < -0.39 is 0 Å². The lowest BCUT2D eigenvalue weighted by atomic mass is 10.0. The molecule has 0 saturated carbocycles. The Balaban J connectivity index is 2.12. The smallest absolute Gasteiger partial charge is 0.128 e. The van der Waals surface area contributed by atoms with Gasteiger partial charge in [0.2, 0.25) is 0 Å². The van der Waals surface area contributed by atoms with Gasteiger partial charge >= 0.3 is 0 Å². The number of nitrogen functional groups attached to an aromatic ring is 1. The van der Waals surface area contributed by atoms with E-state index in [2.05, 4.69) is 22.5 Å². The van der Waals surface area contributed by atoms with Gasteiger partial charge in [-0.2, -0.15) is 0 Å². The monoisotopic (exact) mass is 274 g/mol. The molecule has 0 aliphatic rings. The van der Waals surface area contributed by atoms with Crippen molar-refractivity contribution in [1.82, 2.24) is 10.4 Å². The SMILES string of the molecule is Cc1ccnc(N)c1C(CSc1ccccc1)NN. The fourth-order valence-corrected chi connectivity index (χ4v) is 2.93. The zero-order valence-electron chi connectivity index (χ0n) is 10.8. The van der Waals surface area contributed by atoms with Gasteiger partial charge in [0.1, 0.15) is 5.82 Å². The number of nitrogens with one attached hydrogen (secondary N) is 1. The van der Waals surface area contributed by atoms with Crippen LogP contribution in [0.4, 0.5) is 5.82 Å².